The maximum atomic E-state index is 11.3. The number of nitrogens with zero attached hydrogens (tertiary/aromatic N) is 2. The first-order valence-corrected chi connectivity index (χ1v) is 5.92. The van der Waals surface area contributed by atoms with Crippen molar-refractivity contribution in [2.45, 2.75) is 0 Å². The first-order valence-electron chi connectivity index (χ1n) is 5.54. The van der Waals surface area contributed by atoms with Gasteiger partial charge in [-0.1, -0.05) is 11.6 Å². The van der Waals surface area contributed by atoms with E-state index in [2.05, 4.69) is 10.3 Å². The fourth-order valence-electron chi connectivity index (χ4n) is 1.23. The molecule has 0 atom stereocenters. The number of aliphatic imine (C=N–C) groups is 1. The molecule has 104 valence electrons. The van der Waals surface area contributed by atoms with Crippen LogP contribution in [0.5, 0.6) is 5.75 Å². The average Bonchev–Trinajstić information content (AvgIpc) is 2.36. The summed E-state index contributed by atoms with van der Waals surface area (Å²) in [6.07, 6.45) is 0. The molecule has 1 aromatic carbocycles. The molecule has 0 bridgehead atoms. The topological polar surface area (TPSA) is 80.0 Å². The first-order chi connectivity index (χ1) is 8.93. The van der Waals surface area contributed by atoms with Crippen LogP contribution in [0.1, 0.15) is 0 Å². The predicted molar refractivity (Wildman–Crippen MR) is 76.8 cm³/mol. The summed E-state index contributed by atoms with van der Waals surface area (Å²) in [5.74, 6) is 0.597. The highest BCUT2D eigenvalue weighted by Crippen LogP contribution is 2.26. The molecule has 19 heavy (non-hydrogen) atoms. The Morgan fingerprint density at radius 1 is 1.53 bits per heavy atom. The molecule has 0 saturated carbocycles. The second kappa shape index (κ2) is 6.84. The summed E-state index contributed by atoms with van der Waals surface area (Å²) in [4.78, 5) is 16.7. The van der Waals surface area contributed by atoms with E-state index < -0.39 is 0 Å². The standard InChI is InChI=1S/C12H17ClN4O2/c1-17(2)11(18)7-15-12(14)16-8-4-5-10(19-3)9(13)6-8/h4-6H,7H2,1-3H3,(H3,14,15,16). The van der Waals surface area contributed by atoms with Gasteiger partial charge in [-0.05, 0) is 18.2 Å². The monoisotopic (exact) mass is 284 g/mol. The molecule has 6 nitrogen and oxygen atoms in total. The summed E-state index contributed by atoms with van der Waals surface area (Å²) in [7, 11) is 4.85. The number of ether oxygens (including phenoxy) is 1. The molecule has 0 aliphatic heterocycles. The lowest BCUT2D eigenvalue weighted by molar-refractivity contribution is -0.127. The zero-order valence-corrected chi connectivity index (χ0v) is 11.9. The number of rotatable bonds is 4. The molecule has 0 aromatic heterocycles. The molecule has 7 heteroatoms. The second-order valence-corrected chi connectivity index (χ2v) is 4.37. The number of nitrogens with one attached hydrogen (secondary N) is 1. The fourth-order valence-corrected chi connectivity index (χ4v) is 1.48. The molecule has 0 aliphatic rings. The van der Waals surface area contributed by atoms with E-state index in [0.717, 1.165) is 0 Å². The predicted octanol–water partition coefficient (Wildman–Crippen LogP) is 1.16. The van der Waals surface area contributed by atoms with E-state index in [1.807, 2.05) is 0 Å². The molecule has 0 radical (unpaired) electrons. The van der Waals surface area contributed by atoms with Crippen molar-refractivity contribution in [2.24, 2.45) is 10.7 Å². The van der Waals surface area contributed by atoms with Crippen molar-refractivity contribution >= 4 is 29.2 Å². The Bertz CT molecular complexity index is 489. The van der Waals surface area contributed by atoms with E-state index >= 15 is 0 Å². The van der Waals surface area contributed by atoms with E-state index in [1.54, 1.807) is 32.3 Å². The number of anilines is 1. The third kappa shape index (κ3) is 4.67. The molecule has 3 N–H and O–H groups in total. The summed E-state index contributed by atoms with van der Waals surface area (Å²) in [6, 6.07) is 5.13. The number of hydrogen-bond acceptors (Lipinski definition) is 3. The minimum Gasteiger partial charge on any atom is -0.495 e. The lowest BCUT2D eigenvalue weighted by Gasteiger charge is -2.10. The third-order valence-electron chi connectivity index (χ3n) is 2.31. The van der Waals surface area contributed by atoms with Crippen molar-refractivity contribution in [1.82, 2.24) is 4.90 Å². The number of halogens is 1. The smallest absolute Gasteiger partial charge is 0.243 e. The Labute approximate surface area is 117 Å². The Morgan fingerprint density at radius 2 is 2.21 bits per heavy atom. The van der Waals surface area contributed by atoms with Crippen LogP contribution >= 0.6 is 11.6 Å². The lowest BCUT2D eigenvalue weighted by atomic mass is 10.3. The SMILES string of the molecule is COc1ccc(NC(N)=NCC(=O)N(C)C)cc1Cl. The number of amides is 1. The molecule has 0 heterocycles. The average molecular weight is 285 g/mol. The van der Waals surface area contributed by atoms with Crippen LogP contribution < -0.4 is 15.8 Å². The number of guanidine groups is 1. The van der Waals surface area contributed by atoms with E-state index in [1.165, 1.54) is 12.0 Å². The Kier molecular flexibility index (Phi) is 5.44. The van der Waals surface area contributed by atoms with Gasteiger partial charge in [0.1, 0.15) is 12.3 Å². The van der Waals surface area contributed by atoms with Crippen LogP contribution in [-0.2, 0) is 4.79 Å². The van der Waals surface area contributed by atoms with Crippen molar-refractivity contribution in [3.8, 4) is 5.75 Å². The first kappa shape index (κ1) is 15.1. The summed E-state index contributed by atoms with van der Waals surface area (Å²) in [5, 5.41) is 3.31. The number of likely N-dealkylation sites (N-methyl/N-ethyl adjacent to an activating group) is 1. The van der Waals surface area contributed by atoms with Crippen molar-refractivity contribution in [1.29, 1.82) is 0 Å². The fraction of sp³-hybridized carbons (Fsp3) is 0.333. The normalized spacial score (nSPS) is 11.1. The van der Waals surface area contributed by atoms with Crippen LogP contribution in [0.4, 0.5) is 5.69 Å². The Balaban J connectivity index is 2.66. The highest BCUT2D eigenvalue weighted by atomic mass is 35.5. The van der Waals surface area contributed by atoms with Gasteiger partial charge in [0.25, 0.3) is 0 Å². The van der Waals surface area contributed by atoms with E-state index in [-0.39, 0.29) is 18.4 Å². The van der Waals surface area contributed by atoms with E-state index in [9.17, 15) is 4.79 Å². The summed E-state index contributed by atoms with van der Waals surface area (Å²) < 4.78 is 5.04. The minimum absolute atomic E-state index is 0.00425. The number of nitrogens with two attached hydrogens (primary N) is 1. The highest BCUT2D eigenvalue weighted by Gasteiger charge is 2.04. The van der Waals surface area contributed by atoms with Crippen LogP contribution in [0.25, 0.3) is 0 Å². The van der Waals surface area contributed by atoms with E-state index in [0.29, 0.717) is 16.5 Å². The molecule has 0 spiro atoms. The van der Waals surface area contributed by atoms with Gasteiger partial charge in [-0.3, -0.25) is 4.79 Å². The molecule has 1 rings (SSSR count). The van der Waals surface area contributed by atoms with Gasteiger partial charge in [-0.15, -0.1) is 0 Å². The van der Waals surface area contributed by atoms with Gasteiger partial charge >= 0.3 is 0 Å². The summed E-state index contributed by atoms with van der Waals surface area (Å²) in [6.45, 7) is -0.00425. The lowest BCUT2D eigenvalue weighted by Crippen LogP contribution is -2.28. The highest BCUT2D eigenvalue weighted by molar-refractivity contribution is 6.32. The number of carbonyl (C=O) groups excluding carboxylic acids is 1. The molecular weight excluding hydrogens is 268 g/mol. The van der Waals surface area contributed by atoms with Gasteiger partial charge in [-0.25, -0.2) is 4.99 Å². The third-order valence-corrected chi connectivity index (χ3v) is 2.60. The number of carbonyl (C=O) groups is 1. The largest absolute Gasteiger partial charge is 0.495 e. The molecule has 0 fully saturated rings. The quantitative estimate of drug-likeness (QED) is 0.642. The number of benzene rings is 1. The van der Waals surface area contributed by atoms with Crippen molar-refractivity contribution < 1.29 is 9.53 Å². The van der Waals surface area contributed by atoms with Gasteiger partial charge < -0.3 is 20.7 Å². The van der Waals surface area contributed by atoms with Gasteiger partial charge in [0, 0.05) is 19.8 Å². The Morgan fingerprint density at radius 3 is 2.74 bits per heavy atom. The number of methoxy groups -OCH3 is 1. The van der Waals surface area contributed by atoms with Crippen LogP contribution in [0.2, 0.25) is 5.02 Å². The molecule has 0 saturated heterocycles. The maximum absolute atomic E-state index is 11.3. The van der Waals surface area contributed by atoms with Crippen LogP contribution in [0.3, 0.4) is 0 Å². The van der Waals surface area contributed by atoms with Gasteiger partial charge in [0.15, 0.2) is 5.96 Å². The zero-order chi connectivity index (χ0) is 14.4. The van der Waals surface area contributed by atoms with Gasteiger partial charge in [-0.2, -0.15) is 0 Å². The number of hydrogen-bond donors (Lipinski definition) is 2. The van der Waals surface area contributed by atoms with Crippen molar-refractivity contribution in [3.63, 3.8) is 0 Å². The minimum atomic E-state index is -0.127. The zero-order valence-electron chi connectivity index (χ0n) is 11.1. The molecule has 0 unspecified atom stereocenters. The molecular formula is C12H17ClN4O2. The van der Waals surface area contributed by atoms with Crippen LogP contribution in [0.15, 0.2) is 23.2 Å². The molecule has 1 amide bonds. The summed E-state index contributed by atoms with van der Waals surface area (Å²) in [5.41, 5.74) is 6.34. The maximum Gasteiger partial charge on any atom is 0.243 e. The van der Waals surface area contributed by atoms with Crippen molar-refractivity contribution in [2.75, 3.05) is 33.1 Å². The van der Waals surface area contributed by atoms with E-state index in [4.69, 9.17) is 22.1 Å². The summed E-state index contributed by atoms with van der Waals surface area (Å²) >= 11 is 5.98. The van der Waals surface area contributed by atoms with Crippen LogP contribution in [0, 0.1) is 0 Å². The second-order valence-electron chi connectivity index (χ2n) is 3.96. The van der Waals surface area contributed by atoms with Gasteiger partial charge in [0.2, 0.25) is 5.91 Å². The van der Waals surface area contributed by atoms with Crippen molar-refractivity contribution in [3.05, 3.63) is 23.2 Å². The molecule has 0 aliphatic carbocycles. The van der Waals surface area contributed by atoms with Gasteiger partial charge in [0.05, 0.1) is 12.1 Å². The molecule has 1 aromatic rings. The van der Waals surface area contributed by atoms with Crippen LogP contribution in [-0.4, -0.2) is 44.5 Å². The Hall–Kier alpha value is -1.95.